The third kappa shape index (κ3) is 6.58. The van der Waals surface area contributed by atoms with Crippen molar-refractivity contribution in [3.05, 3.63) is 59.7 Å². The van der Waals surface area contributed by atoms with Gasteiger partial charge in [0.1, 0.15) is 5.75 Å². The zero-order valence-corrected chi connectivity index (χ0v) is 15.3. The molecule has 0 aliphatic carbocycles. The van der Waals surface area contributed by atoms with E-state index in [1.807, 2.05) is 0 Å². The molecule has 6 nitrogen and oxygen atoms in total. The minimum atomic E-state index is -4.78. The highest BCUT2D eigenvalue weighted by molar-refractivity contribution is 5.96. The number of halogens is 3. The van der Waals surface area contributed by atoms with Gasteiger partial charge in [-0.1, -0.05) is 18.2 Å². The van der Waals surface area contributed by atoms with Gasteiger partial charge in [-0.15, -0.1) is 13.2 Å². The highest BCUT2D eigenvalue weighted by atomic mass is 19.4. The summed E-state index contributed by atoms with van der Waals surface area (Å²) in [5, 5.41) is 5.17. The summed E-state index contributed by atoms with van der Waals surface area (Å²) >= 11 is 0. The van der Waals surface area contributed by atoms with Crippen LogP contribution in [-0.2, 0) is 11.3 Å². The first-order valence-corrected chi connectivity index (χ1v) is 8.32. The normalized spacial score (nSPS) is 11.2. The zero-order chi connectivity index (χ0) is 20.7. The molecule has 0 radical (unpaired) electrons. The van der Waals surface area contributed by atoms with E-state index >= 15 is 0 Å². The van der Waals surface area contributed by atoms with Crippen molar-refractivity contribution in [1.29, 1.82) is 0 Å². The Morgan fingerprint density at radius 2 is 1.71 bits per heavy atom. The molecule has 0 aliphatic heterocycles. The molecule has 0 atom stereocenters. The Morgan fingerprint density at radius 3 is 2.32 bits per heavy atom. The van der Waals surface area contributed by atoms with E-state index in [1.165, 1.54) is 25.2 Å². The van der Waals surface area contributed by atoms with Crippen LogP contribution in [0.15, 0.2) is 48.5 Å². The second kappa shape index (κ2) is 9.23. The molecule has 0 saturated heterocycles. The van der Waals surface area contributed by atoms with E-state index in [2.05, 4.69) is 15.4 Å². The highest BCUT2D eigenvalue weighted by Crippen LogP contribution is 2.26. The topological polar surface area (TPSA) is 70.7 Å². The van der Waals surface area contributed by atoms with E-state index in [9.17, 15) is 22.8 Å². The van der Waals surface area contributed by atoms with Crippen LogP contribution in [0.25, 0.3) is 0 Å². The van der Waals surface area contributed by atoms with Gasteiger partial charge < -0.3 is 15.4 Å². The van der Waals surface area contributed by atoms with Crippen LogP contribution in [0.1, 0.15) is 15.9 Å². The molecule has 0 unspecified atom stereocenters. The summed E-state index contributed by atoms with van der Waals surface area (Å²) in [6, 6.07) is 12.1. The number of alkyl halides is 3. The Hall–Kier alpha value is -3.07. The van der Waals surface area contributed by atoms with Crippen molar-refractivity contribution in [1.82, 2.24) is 10.2 Å². The lowest BCUT2D eigenvalue weighted by molar-refractivity contribution is -0.275. The van der Waals surface area contributed by atoms with Crippen molar-refractivity contribution in [3.8, 4) is 5.75 Å². The zero-order valence-electron chi connectivity index (χ0n) is 15.3. The number of carbonyl (C=O) groups excluding carboxylic acids is 2. The predicted octanol–water partition coefficient (Wildman–Crippen LogP) is 3.02. The Balaban J connectivity index is 1.93. The Bertz CT molecular complexity index is 823. The van der Waals surface area contributed by atoms with Crippen LogP contribution in [0, 0.1) is 0 Å². The summed E-state index contributed by atoms with van der Waals surface area (Å²) in [4.78, 5) is 25.2. The molecule has 2 aromatic rings. The lowest BCUT2D eigenvalue weighted by Gasteiger charge is -2.19. The van der Waals surface area contributed by atoms with Crippen molar-refractivity contribution >= 4 is 17.5 Å². The van der Waals surface area contributed by atoms with Crippen molar-refractivity contribution < 1.29 is 27.5 Å². The van der Waals surface area contributed by atoms with Crippen LogP contribution in [0.5, 0.6) is 5.75 Å². The van der Waals surface area contributed by atoms with Gasteiger partial charge >= 0.3 is 6.36 Å². The average molecular weight is 395 g/mol. The van der Waals surface area contributed by atoms with Gasteiger partial charge in [-0.05, 0) is 37.4 Å². The molecule has 2 aromatic carbocycles. The van der Waals surface area contributed by atoms with Gasteiger partial charge in [0.25, 0.3) is 5.91 Å². The molecule has 0 bridgehead atoms. The molecule has 0 fully saturated rings. The number of nitrogens with one attached hydrogen (secondary N) is 2. The molecule has 2 rings (SSSR count). The van der Waals surface area contributed by atoms with E-state index in [0.717, 1.165) is 0 Å². The molecule has 0 aromatic heterocycles. The summed E-state index contributed by atoms with van der Waals surface area (Å²) in [7, 11) is 3.13. The first-order valence-electron chi connectivity index (χ1n) is 8.32. The molecule has 0 spiro atoms. The first-order chi connectivity index (χ1) is 13.2. The van der Waals surface area contributed by atoms with Crippen LogP contribution in [-0.4, -0.2) is 43.7 Å². The third-order valence-corrected chi connectivity index (χ3v) is 3.71. The lowest BCUT2D eigenvalue weighted by Crippen LogP contribution is -2.30. The smallest absolute Gasteiger partial charge is 0.405 e. The largest absolute Gasteiger partial charge is 0.573 e. The van der Waals surface area contributed by atoms with E-state index < -0.39 is 6.36 Å². The Labute approximate surface area is 160 Å². The molecule has 9 heteroatoms. The van der Waals surface area contributed by atoms with Gasteiger partial charge in [0, 0.05) is 30.4 Å². The van der Waals surface area contributed by atoms with Crippen LogP contribution in [0.4, 0.5) is 18.9 Å². The fourth-order valence-electron chi connectivity index (χ4n) is 2.50. The Morgan fingerprint density at radius 1 is 1.07 bits per heavy atom. The number of para-hydroxylation sites is 1. The molecule has 0 aliphatic rings. The molecule has 28 heavy (non-hydrogen) atoms. The second-order valence-corrected chi connectivity index (χ2v) is 6.03. The van der Waals surface area contributed by atoms with Crippen molar-refractivity contribution in [2.24, 2.45) is 0 Å². The third-order valence-electron chi connectivity index (χ3n) is 3.71. The molecular weight excluding hydrogens is 375 g/mol. The lowest BCUT2D eigenvalue weighted by atomic mass is 10.2. The second-order valence-electron chi connectivity index (χ2n) is 6.03. The number of benzene rings is 2. The maximum atomic E-state index is 12.5. The quantitative estimate of drug-likeness (QED) is 0.756. The summed E-state index contributed by atoms with van der Waals surface area (Å²) in [6.07, 6.45) is -4.78. The highest BCUT2D eigenvalue weighted by Gasteiger charge is 2.32. The minimum Gasteiger partial charge on any atom is -0.405 e. The van der Waals surface area contributed by atoms with Gasteiger partial charge in [-0.3, -0.25) is 14.5 Å². The molecule has 2 N–H and O–H groups in total. The van der Waals surface area contributed by atoms with Crippen LogP contribution in [0.3, 0.4) is 0 Å². The van der Waals surface area contributed by atoms with Crippen LogP contribution in [0.2, 0.25) is 0 Å². The summed E-state index contributed by atoms with van der Waals surface area (Å²) in [6.45, 7) is 0.0484. The number of amides is 2. The number of nitrogens with zero attached hydrogens (tertiary/aromatic N) is 1. The van der Waals surface area contributed by atoms with E-state index in [-0.39, 0.29) is 30.7 Å². The number of hydrogen-bond donors (Lipinski definition) is 2. The van der Waals surface area contributed by atoms with Crippen molar-refractivity contribution in [3.63, 3.8) is 0 Å². The van der Waals surface area contributed by atoms with Gasteiger partial charge in [0.15, 0.2) is 0 Å². The summed E-state index contributed by atoms with van der Waals surface area (Å²) in [5.41, 5.74) is 1.27. The van der Waals surface area contributed by atoms with Crippen molar-refractivity contribution in [2.45, 2.75) is 12.9 Å². The van der Waals surface area contributed by atoms with E-state index in [4.69, 9.17) is 0 Å². The number of carbonyl (C=O) groups is 2. The molecule has 150 valence electrons. The van der Waals surface area contributed by atoms with Crippen LogP contribution >= 0.6 is 0 Å². The number of likely N-dealkylation sites (N-methyl/N-ethyl adjacent to an activating group) is 1. The maximum absolute atomic E-state index is 12.5. The van der Waals surface area contributed by atoms with Crippen molar-refractivity contribution in [2.75, 3.05) is 26.0 Å². The molecule has 0 heterocycles. The van der Waals surface area contributed by atoms with E-state index in [0.29, 0.717) is 16.8 Å². The molecular formula is C19H20F3N3O3. The molecule has 0 saturated carbocycles. The predicted molar refractivity (Wildman–Crippen MR) is 97.9 cm³/mol. The fraction of sp³-hybridized carbons (Fsp3) is 0.263. The maximum Gasteiger partial charge on any atom is 0.573 e. The minimum absolute atomic E-state index is 0.0441. The summed E-state index contributed by atoms with van der Waals surface area (Å²) in [5.74, 6) is -0.881. The summed E-state index contributed by atoms with van der Waals surface area (Å²) < 4.78 is 41.5. The number of ether oxygens (including phenoxy) is 1. The fourth-order valence-corrected chi connectivity index (χ4v) is 2.50. The number of anilines is 1. The van der Waals surface area contributed by atoms with Gasteiger partial charge in [-0.2, -0.15) is 0 Å². The number of rotatable bonds is 7. The monoisotopic (exact) mass is 395 g/mol. The van der Waals surface area contributed by atoms with Gasteiger partial charge in [-0.25, -0.2) is 0 Å². The SMILES string of the molecule is CNC(=O)c1ccc(NC(=O)CN(C)Cc2ccccc2OC(F)(F)F)cc1. The van der Waals surface area contributed by atoms with Crippen LogP contribution < -0.4 is 15.4 Å². The Kier molecular flexibility index (Phi) is 7.00. The number of hydrogen-bond acceptors (Lipinski definition) is 4. The van der Waals surface area contributed by atoms with E-state index in [1.54, 1.807) is 42.3 Å². The average Bonchev–Trinajstić information content (AvgIpc) is 2.62. The standard InChI is InChI=1S/C19H20F3N3O3/c1-23-18(27)13-7-9-15(10-8-13)24-17(26)12-25(2)11-14-5-3-4-6-16(14)28-19(20,21)22/h3-10H,11-12H2,1-2H3,(H,23,27)(H,24,26). The first kappa shape index (κ1) is 21.2. The van der Waals surface area contributed by atoms with Gasteiger partial charge in [0.05, 0.1) is 6.54 Å². The molecule has 2 amide bonds. The van der Waals surface area contributed by atoms with Gasteiger partial charge in [0.2, 0.25) is 5.91 Å².